The molecular formula is C11H17NOS. The van der Waals surface area contributed by atoms with E-state index in [-0.39, 0.29) is 6.61 Å². The monoisotopic (exact) mass is 211 g/mol. The molecule has 0 spiro atoms. The van der Waals surface area contributed by atoms with E-state index in [0.717, 1.165) is 5.75 Å². The average molecular weight is 211 g/mol. The molecule has 0 bridgehead atoms. The number of nitrogens with two attached hydrogens (primary N) is 1. The SMILES string of the molecule is Cc1ccccc1SCC(C)(N)CO. The maximum Gasteiger partial charge on any atom is 0.0616 e. The molecule has 78 valence electrons. The molecule has 0 amide bonds. The standard InChI is InChI=1S/C11H17NOS/c1-9-5-3-4-6-10(9)14-8-11(2,12)7-13/h3-6,13H,7-8,12H2,1-2H3. The Morgan fingerprint density at radius 3 is 2.64 bits per heavy atom. The summed E-state index contributed by atoms with van der Waals surface area (Å²) in [4.78, 5) is 1.23. The van der Waals surface area contributed by atoms with E-state index in [1.54, 1.807) is 11.8 Å². The molecule has 1 unspecified atom stereocenters. The predicted octanol–water partition coefficient (Wildman–Crippen LogP) is 1.80. The van der Waals surface area contributed by atoms with Crippen molar-refractivity contribution in [3.05, 3.63) is 29.8 Å². The molecule has 1 atom stereocenters. The van der Waals surface area contributed by atoms with Crippen LogP contribution in [-0.2, 0) is 0 Å². The molecule has 3 N–H and O–H groups in total. The maximum atomic E-state index is 9.00. The minimum absolute atomic E-state index is 0.0197. The largest absolute Gasteiger partial charge is 0.394 e. The third kappa shape index (κ3) is 3.33. The van der Waals surface area contributed by atoms with Crippen molar-refractivity contribution in [3.8, 4) is 0 Å². The van der Waals surface area contributed by atoms with Crippen LogP contribution >= 0.6 is 11.8 Å². The van der Waals surface area contributed by atoms with Crippen LogP contribution in [-0.4, -0.2) is 23.0 Å². The summed E-state index contributed by atoms with van der Waals surface area (Å²) in [6.45, 7) is 3.96. The van der Waals surface area contributed by atoms with Crippen LogP contribution in [0, 0.1) is 6.92 Å². The molecule has 0 aliphatic heterocycles. The number of thioether (sulfide) groups is 1. The Morgan fingerprint density at radius 2 is 2.07 bits per heavy atom. The zero-order chi connectivity index (χ0) is 10.6. The predicted molar refractivity (Wildman–Crippen MR) is 61.6 cm³/mol. The van der Waals surface area contributed by atoms with Gasteiger partial charge in [0.25, 0.3) is 0 Å². The molecule has 2 nitrogen and oxygen atoms in total. The molecule has 0 radical (unpaired) electrons. The summed E-state index contributed by atoms with van der Waals surface area (Å²) in [5, 5.41) is 9.00. The van der Waals surface area contributed by atoms with Crippen LogP contribution in [0.25, 0.3) is 0 Å². The second kappa shape index (κ2) is 4.82. The highest BCUT2D eigenvalue weighted by molar-refractivity contribution is 7.99. The first-order valence-electron chi connectivity index (χ1n) is 4.63. The topological polar surface area (TPSA) is 46.2 Å². The average Bonchev–Trinajstić information content (AvgIpc) is 2.17. The highest BCUT2D eigenvalue weighted by Gasteiger charge is 2.17. The molecule has 1 rings (SSSR count). The molecule has 1 aromatic carbocycles. The first kappa shape index (κ1) is 11.6. The second-order valence-electron chi connectivity index (χ2n) is 3.87. The van der Waals surface area contributed by atoms with E-state index < -0.39 is 5.54 Å². The highest BCUT2D eigenvalue weighted by atomic mass is 32.2. The van der Waals surface area contributed by atoms with E-state index in [1.165, 1.54) is 10.5 Å². The van der Waals surface area contributed by atoms with Crippen LogP contribution in [0.5, 0.6) is 0 Å². The van der Waals surface area contributed by atoms with Crippen molar-refractivity contribution >= 4 is 11.8 Å². The fourth-order valence-electron chi connectivity index (χ4n) is 1.01. The van der Waals surface area contributed by atoms with Crippen LogP contribution in [0.1, 0.15) is 12.5 Å². The first-order valence-corrected chi connectivity index (χ1v) is 5.62. The van der Waals surface area contributed by atoms with E-state index in [2.05, 4.69) is 19.1 Å². The van der Waals surface area contributed by atoms with Gasteiger partial charge in [0.1, 0.15) is 0 Å². The summed E-state index contributed by atoms with van der Waals surface area (Å²) in [6, 6.07) is 8.19. The Morgan fingerprint density at radius 1 is 1.43 bits per heavy atom. The normalized spacial score (nSPS) is 15.1. The summed E-state index contributed by atoms with van der Waals surface area (Å²) in [6.07, 6.45) is 0. The first-order chi connectivity index (χ1) is 6.55. The van der Waals surface area contributed by atoms with E-state index in [1.807, 2.05) is 19.1 Å². The van der Waals surface area contributed by atoms with Gasteiger partial charge in [-0.25, -0.2) is 0 Å². The van der Waals surface area contributed by atoms with E-state index in [0.29, 0.717) is 0 Å². The molecule has 0 saturated heterocycles. The van der Waals surface area contributed by atoms with Gasteiger partial charge in [0.05, 0.1) is 6.61 Å². The Kier molecular flexibility index (Phi) is 3.98. The Balaban J connectivity index is 2.58. The number of hydrogen-bond donors (Lipinski definition) is 2. The lowest BCUT2D eigenvalue weighted by atomic mass is 10.1. The van der Waals surface area contributed by atoms with Gasteiger partial charge in [-0.1, -0.05) is 18.2 Å². The zero-order valence-corrected chi connectivity index (χ0v) is 9.47. The molecule has 0 saturated carbocycles. The lowest BCUT2D eigenvalue weighted by Crippen LogP contribution is -2.42. The number of benzene rings is 1. The quantitative estimate of drug-likeness (QED) is 0.746. The lowest BCUT2D eigenvalue weighted by Gasteiger charge is -2.21. The highest BCUT2D eigenvalue weighted by Crippen LogP contribution is 2.24. The molecule has 0 aliphatic carbocycles. The van der Waals surface area contributed by atoms with Crippen molar-refractivity contribution in [1.82, 2.24) is 0 Å². The Labute approximate surface area is 89.5 Å². The van der Waals surface area contributed by atoms with Gasteiger partial charge in [-0.2, -0.15) is 0 Å². The number of aryl methyl sites for hydroxylation is 1. The molecule has 0 fully saturated rings. The van der Waals surface area contributed by atoms with Gasteiger partial charge in [0, 0.05) is 16.2 Å². The van der Waals surface area contributed by atoms with Crippen molar-refractivity contribution in [2.75, 3.05) is 12.4 Å². The molecule has 0 heterocycles. The van der Waals surface area contributed by atoms with Crippen molar-refractivity contribution < 1.29 is 5.11 Å². The second-order valence-corrected chi connectivity index (χ2v) is 4.88. The Bertz CT molecular complexity index is 299. The molecule has 14 heavy (non-hydrogen) atoms. The van der Waals surface area contributed by atoms with Gasteiger partial charge in [0.15, 0.2) is 0 Å². The minimum atomic E-state index is -0.493. The molecule has 1 aromatic rings. The molecular weight excluding hydrogens is 194 g/mol. The van der Waals surface area contributed by atoms with Gasteiger partial charge in [-0.15, -0.1) is 11.8 Å². The van der Waals surface area contributed by atoms with Crippen LogP contribution in [0.15, 0.2) is 29.2 Å². The van der Waals surface area contributed by atoms with Crippen LogP contribution in [0.3, 0.4) is 0 Å². The lowest BCUT2D eigenvalue weighted by molar-refractivity contribution is 0.224. The van der Waals surface area contributed by atoms with Crippen molar-refractivity contribution in [2.45, 2.75) is 24.3 Å². The number of aliphatic hydroxyl groups is 1. The summed E-state index contributed by atoms with van der Waals surface area (Å²) in [5.74, 6) is 0.731. The van der Waals surface area contributed by atoms with Gasteiger partial charge < -0.3 is 10.8 Å². The Hall–Kier alpha value is -0.510. The molecule has 3 heteroatoms. The van der Waals surface area contributed by atoms with E-state index in [9.17, 15) is 0 Å². The molecule has 0 aromatic heterocycles. The van der Waals surface area contributed by atoms with E-state index in [4.69, 9.17) is 10.8 Å². The third-order valence-electron chi connectivity index (χ3n) is 2.01. The van der Waals surface area contributed by atoms with Gasteiger partial charge in [0.2, 0.25) is 0 Å². The summed E-state index contributed by atoms with van der Waals surface area (Å²) < 4.78 is 0. The summed E-state index contributed by atoms with van der Waals surface area (Å²) >= 11 is 1.69. The van der Waals surface area contributed by atoms with Crippen LogP contribution in [0.4, 0.5) is 0 Å². The van der Waals surface area contributed by atoms with Gasteiger partial charge >= 0.3 is 0 Å². The minimum Gasteiger partial charge on any atom is -0.394 e. The van der Waals surface area contributed by atoms with Crippen molar-refractivity contribution in [2.24, 2.45) is 5.73 Å². The van der Waals surface area contributed by atoms with Gasteiger partial charge in [-0.05, 0) is 25.5 Å². The summed E-state index contributed by atoms with van der Waals surface area (Å²) in [5.41, 5.74) is 6.61. The third-order valence-corrected chi connectivity index (χ3v) is 3.59. The fourth-order valence-corrected chi connectivity index (χ4v) is 2.05. The fraction of sp³-hybridized carbons (Fsp3) is 0.455. The molecule has 0 aliphatic rings. The maximum absolute atomic E-state index is 9.00. The van der Waals surface area contributed by atoms with Crippen LogP contribution in [0.2, 0.25) is 0 Å². The van der Waals surface area contributed by atoms with E-state index >= 15 is 0 Å². The smallest absolute Gasteiger partial charge is 0.0616 e. The summed E-state index contributed by atoms with van der Waals surface area (Å²) in [7, 11) is 0. The van der Waals surface area contributed by atoms with Crippen molar-refractivity contribution in [1.29, 1.82) is 0 Å². The number of hydrogen-bond acceptors (Lipinski definition) is 3. The van der Waals surface area contributed by atoms with Crippen molar-refractivity contribution in [3.63, 3.8) is 0 Å². The zero-order valence-electron chi connectivity index (χ0n) is 8.66. The van der Waals surface area contributed by atoms with Gasteiger partial charge in [-0.3, -0.25) is 0 Å². The van der Waals surface area contributed by atoms with Crippen LogP contribution < -0.4 is 5.73 Å². The number of aliphatic hydroxyl groups excluding tert-OH is 1. The number of rotatable bonds is 4.